The Morgan fingerprint density at radius 2 is 1.30 bits per heavy atom. The highest BCUT2D eigenvalue weighted by Crippen LogP contribution is 2.13. The summed E-state index contributed by atoms with van der Waals surface area (Å²) in [5.74, 6) is 0. The van der Waals surface area contributed by atoms with E-state index < -0.39 is 0 Å². The molecule has 0 unspecified atom stereocenters. The van der Waals surface area contributed by atoms with Gasteiger partial charge in [0.15, 0.2) is 0 Å². The third kappa shape index (κ3) is 4.74. The maximum Gasteiger partial charge on any atom is -0.0190 e. The molecule has 0 saturated carbocycles. The van der Waals surface area contributed by atoms with E-state index in [0.29, 0.717) is 0 Å². The average molecular weight is 262 g/mol. The Kier molecular flexibility index (Phi) is 6.84. The van der Waals surface area contributed by atoms with Gasteiger partial charge in [-0.05, 0) is 28.7 Å². The summed E-state index contributed by atoms with van der Waals surface area (Å²) in [6, 6.07) is 18.3. The first-order valence-electron chi connectivity index (χ1n) is 6.80. The topological polar surface area (TPSA) is 0 Å². The van der Waals surface area contributed by atoms with Crippen LogP contribution in [0.3, 0.4) is 0 Å². The van der Waals surface area contributed by atoms with Crippen LogP contribution in [0, 0.1) is 0 Å². The van der Waals surface area contributed by atoms with Crippen molar-refractivity contribution in [2.45, 2.75) is 13.3 Å². The van der Waals surface area contributed by atoms with Gasteiger partial charge in [-0.2, -0.15) is 0 Å². The van der Waals surface area contributed by atoms with Gasteiger partial charge in [0.05, 0.1) is 0 Å². The minimum absolute atomic E-state index is 1.03. The van der Waals surface area contributed by atoms with Crippen molar-refractivity contribution in [3.8, 4) is 0 Å². The van der Waals surface area contributed by atoms with Crippen molar-refractivity contribution in [2.75, 3.05) is 0 Å². The van der Waals surface area contributed by atoms with Gasteiger partial charge in [0.1, 0.15) is 0 Å². The van der Waals surface area contributed by atoms with Crippen LogP contribution in [0.2, 0.25) is 0 Å². The summed E-state index contributed by atoms with van der Waals surface area (Å²) in [4.78, 5) is 0. The second-order valence-corrected chi connectivity index (χ2v) is 4.36. The zero-order valence-electron chi connectivity index (χ0n) is 12.2. The highest BCUT2D eigenvalue weighted by atomic mass is 14.0. The summed E-state index contributed by atoms with van der Waals surface area (Å²) in [6.07, 6.45) is 4.69. The summed E-state index contributed by atoms with van der Waals surface area (Å²) in [5, 5.41) is 0. The van der Waals surface area contributed by atoms with Crippen molar-refractivity contribution in [1.29, 1.82) is 0 Å². The summed E-state index contributed by atoms with van der Waals surface area (Å²) < 4.78 is 0. The largest absolute Gasteiger partial charge is 0.0984 e. The molecule has 0 aliphatic rings. The highest BCUT2D eigenvalue weighted by molar-refractivity contribution is 5.63. The van der Waals surface area contributed by atoms with Crippen LogP contribution >= 0.6 is 0 Å². The molecule has 0 aliphatic heterocycles. The monoisotopic (exact) mass is 262 g/mol. The third-order valence-corrected chi connectivity index (χ3v) is 3.04. The van der Waals surface area contributed by atoms with E-state index in [2.05, 4.69) is 38.8 Å². The van der Waals surface area contributed by atoms with Crippen molar-refractivity contribution in [3.63, 3.8) is 0 Å². The normalized spacial score (nSPS) is 9.05. The lowest BCUT2D eigenvalue weighted by molar-refractivity contribution is 1.24. The minimum atomic E-state index is 1.03. The molecule has 2 aromatic rings. The standard InChI is InChI=1S/C10H12.C10H10/c1-3-9(2)10-7-5-4-6-8-10;1-3-9-7-5-6-8-10(9)4-2/h4-8H,2-3H2,1H3;3-8H,1-2H2. The molecule has 0 saturated heterocycles. The molecule has 20 heavy (non-hydrogen) atoms. The lowest BCUT2D eigenvalue weighted by atomic mass is 10.1. The first kappa shape index (κ1) is 15.7. The van der Waals surface area contributed by atoms with Crippen molar-refractivity contribution < 1.29 is 0 Å². The van der Waals surface area contributed by atoms with Crippen LogP contribution in [0.15, 0.2) is 74.3 Å². The maximum atomic E-state index is 3.94. The summed E-state index contributed by atoms with van der Waals surface area (Å²) in [6.45, 7) is 13.4. The number of hydrogen-bond donors (Lipinski definition) is 0. The molecule has 102 valence electrons. The Morgan fingerprint density at radius 3 is 1.70 bits per heavy atom. The van der Waals surface area contributed by atoms with E-state index in [1.165, 1.54) is 11.1 Å². The van der Waals surface area contributed by atoms with Gasteiger partial charge in [0.2, 0.25) is 0 Å². The Labute approximate surface area is 122 Å². The number of allylic oxidation sites excluding steroid dienone is 1. The Hall–Kier alpha value is -2.34. The molecule has 0 N–H and O–H groups in total. The van der Waals surface area contributed by atoms with Crippen molar-refractivity contribution in [3.05, 3.63) is 91.0 Å². The first-order chi connectivity index (χ1) is 9.72. The molecule has 0 spiro atoms. The Balaban J connectivity index is 0.000000200. The van der Waals surface area contributed by atoms with Gasteiger partial charge in [0.25, 0.3) is 0 Å². The Bertz CT molecular complexity index is 535. The van der Waals surface area contributed by atoms with Crippen molar-refractivity contribution in [1.82, 2.24) is 0 Å². The quantitative estimate of drug-likeness (QED) is 0.626. The zero-order valence-corrected chi connectivity index (χ0v) is 12.2. The van der Waals surface area contributed by atoms with Gasteiger partial charge in [-0.1, -0.05) is 93.4 Å². The van der Waals surface area contributed by atoms with Crippen molar-refractivity contribution >= 4 is 17.7 Å². The molecule has 2 aromatic carbocycles. The van der Waals surface area contributed by atoms with Crippen LogP contribution in [-0.4, -0.2) is 0 Å². The number of rotatable bonds is 4. The molecule has 0 amide bonds. The van der Waals surface area contributed by atoms with E-state index in [9.17, 15) is 0 Å². The van der Waals surface area contributed by atoms with Crippen LogP contribution in [0.4, 0.5) is 0 Å². The van der Waals surface area contributed by atoms with Gasteiger partial charge in [0, 0.05) is 0 Å². The Morgan fingerprint density at radius 1 is 0.850 bits per heavy atom. The fourth-order valence-corrected chi connectivity index (χ4v) is 1.76. The predicted molar refractivity (Wildman–Crippen MR) is 92.4 cm³/mol. The van der Waals surface area contributed by atoms with E-state index in [4.69, 9.17) is 0 Å². The molecule has 0 atom stereocenters. The van der Waals surface area contributed by atoms with E-state index in [0.717, 1.165) is 17.5 Å². The molecule has 0 bridgehead atoms. The van der Waals surface area contributed by atoms with E-state index in [-0.39, 0.29) is 0 Å². The molecule has 0 nitrogen and oxygen atoms in total. The highest BCUT2D eigenvalue weighted by Gasteiger charge is 1.91. The van der Waals surface area contributed by atoms with Gasteiger partial charge in [-0.25, -0.2) is 0 Å². The maximum absolute atomic E-state index is 3.94. The second-order valence-electron chi connectivity index (χ2n) is 4.36. The summed E-state index contributed by atoms with van der Waals surface area (Å²) in [7, 11) is 0. The van der Waals surface area contributed by atoms with Crippen LogP contribution in [0.5, 0.6) is 0 Å². The smallest absolute Gasteiger partial charge is 0.0190 e. The molecule has 2 rings (SSSR count). The van der Waals surface area contributed by atoms with E-state index in [1.807, 2.05) is 54.6 Å². The van der Waals surface area contributed by atoms with Gasteiger partial charge in [-0.15, -0.1) is 0 Å². The van der Waals surface area contributed by atoms with Crippen LogP contribution in [-0.2, 0) is 0 Å². The lowest BCUT2D eigenvalue weighted by Gasteiger charge is -1.99. The molecule has 0 radical (unpaired) electrons. The molecule has 0 aromatic heterocycles. The van der Waals surface area contributed by atoms with Gasteiger partial charge >= 0.3 is 0 Å². The SMILES string of the molecule is C=C(CC)c1ccccc1.C=Cc1ccccc1C=C. The van der Waals surface area contributed by atoms with Crippen LogP contribution < -0.4 is 0 Å². The fraction of sp³-hybridized carbons (Fsp3) is 0.100. The lowest BCUT2D eigenvalue weighted by Crippen LogP contribution is -1.77. The molecule has 0 heterocycles. The van der Waals surface area contributed by atoms with E-state index >= 15 is 0 Å². The van der Waals surface area contributed by atoms with Crippen LogP contribution in [0.1, 0.15) is 30.0 Å². The number of hydrogen-bond acceptors (Lipinski definition) is 0. The van der Waals surface area contributed by atoms with Gasteiger partial charge < -0.3 is 0 Å². The molecule has 0 heteroatoms. The minimum Gasteiger partial charge on any atom is -0.0984 e. The average Bonchev–Trinajstić information content (AvgIpc) is 2.55. The van der Waals surface area contributed by atoms with Gasteiger partial charge in [-0.3, -0.25) is 0 Å². The molecule has 0 fully saturated rings. The van der Waals surface area contributed by atoms with E-state index in [1.54, 1.807) is 0 Å². The third-order valence-electron chi connectivity index (χ3n) is 3.04. The molecule has 0 aliphatic carbocycles. The van der Waals surface area contributed by atoms with Crippen LogP contribution in [0.25, 0.3) is 17.7 Å². The molecular weight excluding hydrogens is 240 g/mol. The van der Waals surface area contributed by atoms with Crippen molar-refractivity contribution in [2.24, 2.45) is 0 Å². The summed E-state index contributed by atoms with van der Waals surface area (Å²) >= 11 is 0. The second kappa shape index (κ2) is 8.71. The first-order valence-corrected chi connectivity index (χ1v) is 6.80. The predicted octanol–water partition coefficient (Wildman–Crippen LogP) is 6.08. The number of benzene rings is 2. The summed E-state index contributed by atoms with van der Waals surface area (Å²) in [5.41, 5.74) is 4.74. The molecular formula is C20H22. The fourth-order valence-electron chi connectivity index (χ4n) is 1.76. The zero-order chi connectivity index (χ0) is 14.8.